The summed E-state index contributed by atoms with van der Waals surface area (Å²) in [4.78, 5) is 36.2. The zero-order valence-corrected chi connectivity index (χ0v) is 11.3. The topological polar surface area (TPSA) is 72.9 Å². The number of benzene rings is 1. The van der Waals surface area contributed by atoms with E-state index in [0.29, 0.717) is 17.8 Å². The summed E-state index contributed by atoms with van der Waals surface area (Å²) in [5.41, 5.74) is 1.06. The number of methoxy groups -OCH3 is 2. The number of carbonyl (C=O) groups excluding carboxylic acids is 3. The summed E-state index contributed by atoms with van der Waals surface area (Å²) in [5.74, 6) is -1.39. The average Bonchev–Trinajstić information content (AvgIpc) is 2.87. The Morgan fingerprint density at radius 3 is 2.35 bits per heavy atom. The summed E-state index contributed by atoms with van der Waals surface area (Å²) in [6.45, 7) is 0.295. The average molecular weight is 277 g/mol. The number of carbonyl (C=O) groups is 3. The number of hydrogen-bond acceptors (Lipinski definition) is 5. The van der Waals surface area contributed by atoms with Crippen molar-refractivity contribution in [2.45, 2.75) is 6.42 Å². The second-order valence-corrected chi connectivity index (χ2v) is 4.47. The van der Waals surface area contributed by atoms with Crippen molar-refractivity contribution in [2.75, 3.05) is 25.7 Å². The first-order chi connectivity index (χ1) is 9.56. The molecule has 1 atom stereocenters. The molecule has 0 bridgehead atoms. The van der Waals surface area contributed by atoms with E-state index in [1.165, 1.54) is 19.1 Å². The number of anilines is 1. The molecule has 0 radical (unpaired) electrons. The zero-order valence-electron chi connectivity index (χ0n) is 11.3. The number of ether oxygens (including phenoxy) is 2. The van der Waals surface area contributed by atoms with Gasteiger partial charge in [0.15, 0.2) is 0 Å². The maximum absolute atomic E-state index is 11.9. The molecule has 1 aliphatic rings. The SMILES string of the molecule is COC(=O)c1ccc(N2C[C@@H](C(=O)OC)CC2=O)cc1. The van der Waals surface area contributed by atoms with Crippen LogP contribution in [-0.2, 0) is 19.1 Å². The van der Waals surface area contributed by atoms with Crippen LogP contribution in [0.1, 0.15) is 16.8 Å². The third kappa shape index (κ3) is 2.64. The van der Waals surface area contributed by atoms with Crippen molar-refractivity contribution < 1.29 is 23.9 Å². The monoisotopic (exact) mass is 277 g/mol. The quantitative estimate of drug-likeness (QED) is 0.771. The van der Waals surface area contributed by atoms with E-state index in [1.54, 1.807) is 24.3 Å². The first-order valence-electron chi connectivity index (χ1n) is 6.13. The summed E-state index contributed by atoms with van der Waals surface area (Å²) < 4.78 is 9.26. The van der Waals surface area contributed by atoms with Crippen LogP contribution in [0.3, 0.4) is 0 Å². The van der Waals surface area contributed by atoms with Crippen molar-refractivity contribution in [3.8, 4) is 0 Å². The first-order valence-corrected chi connectivity index (χ1v) is 6.13. The smallest absolute Gasteiger partial charge is 0.337 e. The van der Waals surface area contributed by atoms with Crippen LogP contribution in [0.25, 0.3) is 0 Å². The van der Waals surface area contributed by atoms with Crippen molar-refractivity contribution >= 4 is 23.5 Å². The summed E-state index contributed by atoms with van der Waals surface area (Å²) in [7, 11) is 2.61. The molecule has 0 N–H and O–H groups in total. The molecule has 1 fully saturated rings. The lowest BCUT2D eigenvalue weighted by Gasteiger charge is -2.16. The van der Waals surface area contributed by atoms with Crippen molar-refractivity contribution in [1.29, 1.82) is 0 Å². The molecule has 0 aliphatic carbocycles. The van der Waals surface area contributed by atoms with Crippen LogP contribution < -0.4 is 4.90 Å². The summed E-state index contributed by atoms with van der Waals surface area (Å²) in [5, 5.41) is 0. The molecule has 1 amide bonds. The van der Waals surface area contributed by atoms with Gasteiger partial charge in [-0.1, -0.05) is 0 Å². The molecule has 0 unspecified atom stereocenters. The van der Waals surface area contributed by atoms with Gasteiger partial charge in [0.2, 0.25) is 5.91 Å². The van der Waals surface area contributed by atoms with Gasteiger partial charge in [-0.05, 0) is 24.3 Å². The Hall–Kier alpha value is -2.37. The molecule has 1 aliphatic heterocycles. The van der Waals surface area contributed by atoms with Crippen LogP contribution >= 0.6 is 0 Å². The lowest BCUT2D eigenvalue weighted by atomic mass is 10.1. The van der Waals surface area contributed by atoms with Gasteiger partial charge in [-0.3, -0.25) is 9.59 Å². The van der Waals surface area contributed by atoms with Crippen molar-refractivity contribution in [1.82, 2.24) is 0 Å². The van der Waals surface area contributed by atoms with E-state index in [1.807, 2.05) is 0 Å². The van der Waals surface area contributed by atoms with Crippen molar-refractivity contribution in [2.24, 2.45) is 5.92 Å². The van der Waals surface area contributed by atoms with Gasteiger partial charge in [-0.25, -0.2) is 4.79 Å². The van der Waals surface area contributed by atoms with Gasteiger partial charge in [0.05, 0.1) is 25.7 Å². The van der Waals surface area contributed by atoms with E-state index in [-0.39, 0.29) is 18.3 Å². The number of amides is 1. The Kier molecular flexibility index (Phi) is 4.02. The molecule has 2 rings (SSSR count). The fourth-order valence-corrected chi connectivity index (χ4v) is 2.18. The molecule has 6 nitrogen and oxygen atoms in total. The van der Waals surface area contributed by atoms with Crippen LogP contribution in [-0.4, -0.2) is 38.6 Å². The minimum absolute atomic E-state index is 0.133. The van der Waals surface area contributed by atoms with Crippen LogP contribution in [0.15, 0.2) is 24.3 Å². The lowest BCUT2D eigenvalue weighted by molar-refractivity contribution is -0.145. The molecule has 0 aromatic heterocycles. The molecule has 6 heteroatoms. The molecular formula is C14H15NO5. The Bertz CT molecular complexity index is 537. The first kappa shape index (κ1) is 14.0. The van der Waals surface area contributed by atoms with Gasteiger partial charge < -0.3 is 14.4 Å². The number of rotatable bonds is 3. The van der Waals surface area contributed by atoms with E-state index < -0.39 is 11.9 Å². The minimum atomic E-state index is -0.437. The van der Waals surface area contributed by atoms with Crippen LogP contribution in [0.4, 0.5) is 5.69 Å². The summed E-state index contributed by atoms with van der Waals surface area (Å²) in [6.07, 6.45) is 0.144. The molecule has 0 spiro atoms. The number of hydrogen-bond donors (Lipinski definition) is 0. The molecule has 1 saturated heterocycles. The van der Waals surface area contributed by atoms with E-state index >= 15 is 0 Å². The van der Waals surface area contributed by atoms with E-state index in [0.717, 1.165) is 0 Å². The molecule has 106 valence electrons. The second-order valence-electron chi connectivity index (χ2n) is 4.47. The highest BCUT2D eigenvalue weighted by Gasteiger charge is 2.35. The Morgan fingerprint density at radius 1 is 1.15 bits per heavy atom. The van der Waals surface area contributed by atoms with Gasteiger partial charge in [0.1, 0.15) is 0 Å². The molecule has 20 heavy (non-hydrogen) atoms. The third-order valence-electron chi connectivity index (χ3n) is 3.26. The van der Waals surface area contributed by atoms with Gasteiger partial charge in [-0.15, -0.1) is 0 Å². The normalized spacial score (nSPS) is 18.0. The third-order valence-corrected chi connectivity index (χ3v) is 3.26. The van der Waals surface area contributed by atoms with E-state index in [4.69, 9.17) is 0 Å². The van der Waals surface area contributed by atoms with E-state index in [2.05, 4.69) is 9.47 Å². The Labute approximate surface area is 116 Å². The second kappa shape index (κ2) is 5.73. The largest absolute Gasteiger partial charge is 0.469 e. The highest BCUT2D eigenvalue weighted by molar-refractivity contribution is 6.00. The summed E-state index contributed by atoms with van der Waals surface area (Å²) in [6, 6.07) is 6.48. The van der Waals surface area contributed by atoms with Crippen molar-refractivity contribution in [3.05, 3.63) is 29.8 Å². The molecule has 1 heterocycles. The maximum Gasteiger partial charge on any atom is 0.337 e. The molecule has 1 aromatic rings. The highest BCUT2D eigenvalue weighted by atomic mass is 16.5. The van der Waals surface area contributed by atoms with E-state index in [9.17, 15) is 14.4 Å². The zero-order chi connectivity index (χ0) is 14.7. The summed E-state index contributed by atoms with van der Waals surface area (Å²) >= 11 is 0. The fraction of sp³-hybridized carbons (Fsp3) is 0.357. The molecule has 1 aromatic carbocycles. The maximum atomic E-state index is 11.9. The van der Waals surface area contributed by atoms with Gasteiger partial charge in [-0.2, -0.15) is 0 Å². The van der Waals surface area contributed by atoms with Gasteiger partial charge in [0.25, 0.3) is 0 Å². The van der Waals surface area contributed by atoms with Crippen LogP contribution in [0, 0.1) is 5.92 Å². The standard InChI is InChI=1S/C14H15NO5/c1-19-13(17)9-3-5-11(6-4-9)15-8-10(7-12(15)16)14(18)20-2/h3-6,10H,7-8H2,1-2H3/t10-/m0/s1. The van der Waals surface area contributed by atoms with Crippen LogP contribution in [0.5, 0.6) is 0 Å². The highest BCUT2D eigenvalue weighted by Crippen LogP contribution is 2.26. The van der Waals surface area contributed by atoms with Crippen LogP contribution in [0.2, 0.25) is 0 Å². The number of nitrogens with zero attached hydrogens (tertiary/aromatic N) is 1. The predicted molar refractivity (Wildman–Crippen MR) is 70.3 cm³/mol. The van der Waals surface area contributed by atoms with Gasteiger partial charge >= 0.3 is 11.9 Å². The molecule has 0 saturated carbocycles. The lowest BCUT2D eigenvalue weighted by Crippen LogP contribution is -2.26. The predicted octanol–water partition coefficient (Wildman–Crippen LogP) is 0.999. The Morgan fingerprint density at radius 2 is 1.80 bits per heavy atom. The number of esters is 2. The minimum Gasteiger partial charge on any atom is -0.469 e. The molecular weight excluding hydrogens is 262 g/mol. The van der Waals surface area contributed by atoms with Crippen molar-refractivity contribution in [3.63, 3.8) is 0 Å². The fourth-order valence-electron chi connectivity index (χ4n) is 2.18. The van der Waals surface area contributed by atoms with Gasteiger partial charge in [0, 0.05) is 18.7 Å². The Balaban J connectivity index is 2.14.